The predicted octanol–water partition coefficient (Wildman–Crippen LogP) is 5.79. The Morgan fingerprint density at radius 3 is 2.29 bits per heavy atom. The van der Waals surface area contributed by atoms with E-state index in [1.54, 1.807) is 13.0 Å². The fourth-order valence-electron chi connectivity index (χ4n) is 2.16. The lowest BCUT2D eigenvalue weighted by Gasteiger charge is -2.17. The molecule has 112 valence electrons. The third kappa shape index (κ3) is 3.21. The van der Waals surface area contributed by atoms with Gasteiger partial charge in [-0.25, -0.2) is 4.39 Å². The molecule has 1 atom stereocenters. The van der Waals surface area contributed by atoms with E-state index >= 15 is 0 Å². The average molecular weight is 317 g/mol. The topological polar surface area (TPSA) is 0 Å². The third-order valence-electron chi connectivity index (χ3n) is 3.31. The van der Waals surface area contributed by atoms with Gasteiger partial charge in [-0.1, -0.05) is 35.9 Å². The second kappa shape index (κ2) is 5.68. The number of alkyl halides is 4. The Labute approximate surface area is 125 Å². The van der Waals surface area contributed by atoms with Crippen LogP contribution in [0.1, 0.15) is 33.2 Å². The van der Waals surface area contributed by atoms with Crippen molar-refractivity contribution in [2.75, 3.05) is 0 Å². The molecule has 0 heterocycles. The van der Waals surface area contributed by atoms with E-state index in [9.17, 15) is 17.6 Å². The van der Waals surface area contributed by atoms with Gasteiger partial charge in [0.05, 0.1) is 10.9 Å². The summed E-state index contributed by atoms with van der Waals surface area (Å²) in [6, 6.07) is 8.60. The molecular formula is C16H13ClF4. The molecule has 0 aliphatic carbocycles. The molecule has 0 saturated carbocycles. The van der Waals surface area contributed by atoms with Crippen molar-refractivity contribution in [2.45, 2.75) is 25.4 Å². The maximum atomic E-state index is 14.1. The molecule has 21 heavy (non-hydrogen) atoms. The first-order chi connectivity index (χ1) is 9.71. The lowest BCUT2D eigenvalue weighted by Crippen LogP contribution is -2.11. The van der Waals surface area contributed by atoms with E-state index in [0.717, 1.165) is 11.1 Å². The highest BCUT2D eigenvalue weighted by molar-refractivity contribution is 6.22. The molecule has 2 aromatic rings. The Bertz CT molecular complexity index is 662. The smallest absolute Gasteiger partial charge is 0.206 e. The molecule has 1 unspecified atom stereocenters. The fraction of sp³-hybridized carbons (Fsp3) is 0.250. The summed E-state index contributed by atoms with van der Waals surface area (Å²) in [7, 11) is 0. The van der Waals surface area contributed by atoms with Crippen LogP contribution in [0.25, 0.3) is 0 Å². The normalized spacial score (nSPS) is 13.3. The highest BCUT2D eigenvalue weighted by Gasteiger charge is 2.35. The van der Waals surface area contributed by atoms with Crippen LogP contribution in [-0.2, 0) is 6.18 Å². The Hall–Kier alpha value is -1.55. The van der Waals surface area contributed by atoms with Gasteiger partial charge in [0.1, 0.15) is 5.82 Å². The SMILES string of the molecule is Cc1ccc(C)c(C(Cl)c2cccc(C(F)(F)F)c2F)c1. The lowest BCUT2D eigenvalue weighted by atomic mass is 9.96. The predicted molar refractivity (Wildman–Crippen MR) is 75.0 cm³/mol. The van der Waals surface area contributed by atoms with Crippen LogP contribution >= 0.6 is 11.6 Å². The second-order valence-corrected chi connectivity index (χ2v) is 5.37. The van der Waals surface area contributed by atoms with E-state index in [1.807, 2.05) is 19.1 Å². The van der Waals surface area contributed by atoms with Gasteiger partial charge < -0.3 is 0 Å². The van der Waals surface area contributed by atoms with E-state index < -0.39 is 22.9 Å². The van der Waals surface area contributed by atoms with Crippen LogP contribution < -0.4 is 0 Å². The zero-order valence-electron chi connectivity index (χ0n) is 11.4. The third-order valence-corrected chi connectivity index (χ3v) is 3.79. The number of hydrogen-bond donors (Lipinski definition) is 0. The van der Waals surface area contributed by atoms with Gasteiger partial charge in [-0.05, 0) is 31.0 Å². The monoisotopic (exact) mass is 316 g/mol. The molecule has 0 spiro atoms. The van der Waals surface area contributed by atoms with E-state index in [1.165, 1.54) is 12.1 Å². The first-order valence-electron chi connectivity index (χ1n) is 6.28. The minimum absolute atomic E-state index is 0.166. The minimum atomic E-state index is -4.74. The largest absolute Gasteiger partial charge is 0.419 e. The van der Waals surface area contributed by atoms with Gasteiger partial charge in [0.15, 0.2) is 0 Å². The van der Waals surface area contributed by atoms with Crippen LogP contribution in [0.5, 0.6) is 0 Å². The van der Waals surface area contributed by atoms with Crippen LogP contribution in [-0.4, -0.2) is 0 Å². The van der Waals surface area contributed by atoms with Gasteiger partial charge in [-0.3, -0.25) is 0 Å². The summed E-state index contributed by atoms with van der Waals surface area (Å²) in [5.41, 5.74) is 0.858. The molecule has 2 rings (SSSR count). The lowest BCUT2D eigenvalue weighted by molar-refractivity contribution is -0.140. The van der Waals surface area contributed by atoms with Crippen molar-refractivity contribution in [1.82, 2.24) is 0 Å². The Morgan fingerprint density at radius 2 is 1.67 bits per heavy atom. The second-order valence-electron chi connectivity index (χ2n) is 4.93. The van der Waals surface area contributed by atoms with Crippen LogP contribution in [0, 0.1) is 19.7 Å². The number of aryl methyl sites for hydroxylation is 2. The maximum absolute atomic E-state index is 14.1. The number of hydrogen-bond acceptors (Lipinski definition) is 0. The van der Waals surface area contributed by atoms with E-state index in [-0.39, 0.29) is 5.56 Å². The average Bonchev–Trinajstić information content (AvgIpc) is 2.39. The summed E-state index contributed by atoms with van der Waals surface area (Å²) >= 11 is 6.23. The molecule has 0 aromatic heterocycles. The summed E-state index contributed by atoms with van der Waals surface area (Å²) < 4.78 is 52.4. The summed E-state index contributed by atoms with van der Waals surface area (Å²) in [6.07, 6.45) is -4.74. The summed E-state index contributed by atoms with van der Waals surface area (Å²) in [6.45, 7) is 3.63. The van der Waals surface area contributed by atoms with Crippen LogP contribution in [0.15, 0.2) is 36.4 Å². The molecular weight excluding hydrogens is 304 g/mol. The standard InChI is InChI=1S/C16H13ClF4/c1-9-6-7-10(2)12(8-9)14(17)11-4-3-5-13(15(11)18)16(19,20)21/h3-8,14H,1-2H3. The van der Waals surface area contributed by atoms with E-state index in [4.69, 9.17) is 11.6 Å². The molecule has 0 aliphatic heterocycles. The first-order valence-corrected chi connectivity index (χ1v) is 6.72. The fourth-order valence-corrected chi connectivity index (χ4v) is 2.57. The van der Waals surface area contributed by atoms with Gasteiger partial charge >= 0.3 is 6.18 Å². The van der Waals surface area contributed by atoms with Crippen molar-refractivity contribution in [3.63, 3.8) is 0 Å². The van der Waals surface area contributed by atoms with Gasteiger partial charge in [0.2, 0.25) is 0 Å². The van der Waals surface area contributed by atoms with Crippen molar-refractivity contribution in [3.05, 3.63) is 70.0 Å². The van der Waals surface area contributed by atoms with Gasteiger partial charge in [0.25, 0.3) is 0 Å². The quantitative estimate of drug-likeness (QED) is 0.486. The molecule has 0 saturated heterocycles. The van der Waals surface area contributed by atoms with E-state index in [0.29, 0.717) is 11.6 Å². The molecule has 0 aliphatic rings. The highest BCUT2D eigenvalue weighted by atomic mass is 35.5. The highest BCUT2D eigenvalue weighted by Crippen LogP contribution is 2.38. The van der Waals surface area contributed by atoms with Crippen LogP contribution in [0.3, 0.4) is 0 Å². The Morgan fingerprint density at radius 1 is 1.00 bits per heavy atom. The molecule has 0 fully saturated rings. The number of benzene rings is 2. The molecule has 2 aromatic carbocycles. The summed E-state index contributed by atoms with van der Waals surface area (Å²) in [5, 5.41) is -0.966. The zero-order chi connectivity index (χ0) is 15.8. The zero-order valence-corrected chi connectivity index (χ0v) is 12.2. The minimum Gasteiger partial charge on any atom is -0.206 e. The van der Waals surface area contributed by atoms with Crippen LogP contribution in [0.2, 0.25) is 0 Å². The Kier molecular flexibility index (Phi) is 4.28. The molecule has 0 bridgehead atoms. The summed E-state index contributed by atoms with van der Waals surface area (Å²) in [4.78, 5) is 0. The molecule has 5 heteroatoms. The van der Waals surface area contributed by atoms with Crippen molar-refractivity contribution >= 4 is 11.6 Å². The maximum Gasteiger partial charge on any atom is 0.419 e. The Balaban J connectivity index is 2.54. The van der Waals surface area contributed by atoms with Gasteiger partial charge in [0, 0.05) is 5.56 Å². The molecule has 0 radical (unpaired) electrons. The van der Waals surface area contributed by atoms with Crippen molar-refractivity contribution < 1.29 is 17.6 Å². The summed E-state index contributed by atoms with van der Waals surface area (Å²) in [5.74, 6) is -1.31. The van der Waals surface area contributed by atoms with Gasteiger partial charge in [-0.15, -0.1) is 11.6 Å². The molecule has 0 nitrogen and oxygen atoms in total. The number of halogens is 5. The molecule has 0 amide bonds. The van der Waals surface area contributed by atoms with Gasteiger partial charge in [-0.2, -0.15) is 13.2 Å². The van der Waals surface area contributed by atoms with E-state index in [2.05, 4.69) is 0 Å². The number of rotatable bonds is 2. The molecule has 0 N–H and O–H groups in total. The van der Waals surface area contributed by atoms with Crippen molar-refractivity contribution in [2.24, 2.45) is 0 Å². The first kappa shape index (κ1) is 15.8. The van der Waals surface area contributed by atoms with Crippen molar-refractivity contribution in [3.8, 4) is 0 Å². The van der Waals surface area contributed by atoms with Crippen molar-refractivity contribution in [1.29, 1.82) is 0 Å². The van der Waals surface area contributed by atoms with Crippen LogP contribution in [0.4, 0.5) is 17.6 Å².